The van der Waals surface area contributed by atoms with Gasteiger partial charge in [0.25, 0.3) is 0 Å². The maximum atomic E-state index is 10.6. The van der Waals surface area contributed by atoms with E-state index in [0.717, 1.165) is 58.8 Å². The van der Waals surface area contributed by atoms with E-state index < -0.39 is 5.60 Å². The second kappa shape index (κ2) is 11.8. The topological polar surface area (TPSA) is 89.4 Å². The van der Waals surface area contributed by atoms with Crippen LogP contribution in [0.3, 0.4) is 0 Å². The van der Waals surface area contributed by atoms with Crippen LogP contribution in [0.5, 0.6) is 5.88 Å². The predicted octanol–water partition coefficient (Wildman–Crippen LogP) is 6.40. The molecule has 0 amide bonds. The van der Waals surface area contributed by atoms with E-state index in [2.05, 4.69) is 57.5 Å². The van der Waals surface area contributed by atoms with Gasteiger partial charge in [0.15, 0.2) is 0 Å². The van der Waals surface area contributed by atoms with E-state index >= 15 is 0 Å². The number of unbranched alkanes of at least 4 members (excludes halogenated alkanes) is 1. The van der Waals surface area contributed by atoms with Crippen molar-refractivity contribution in [2.45, 2.75) is 51.2 Å². The number of ether oxygens (including phenoxy) is 2. The fourth-order valence-corrected chi connectivity index (χ4v) is 5.25. The third-order valence-corrected chi connectivity index (χ3v) is 7.62. The second-order valence-corrected chi connectivity index (χ2v) is 10.5. The number of nitrogens with one attached hydrogen (secondary N) is 1. The van der Waals surface area contributed by atoms with Gasteiger partial charge < -0.3 is 19.9 Å². The molecule has 0 aliphatic heterocycles. The van der Waals surface area contributed by atoms with Crippen LogP contribution >= 0.6 is 11.3 Å². The fourth-order valence-electron chi connectivity index (χ4n) is 4.20. The molecule has 0 spiro atoms. The summed E-state index contributed by atoms with van der Waals surface area (Å²) in [5, 5.41) is 14.7. The third kappa shape index (κ3) is 6.71. The molecule has 2 aromatic heterocycles. The Morgan fingerprint density at radius 1 is 1.03 bits per heavy atom. The number of thiazole rings is 1. The molecule has 2 aromatic carbocycles. The Morgan fingerprint density at radius 2 is 1.86 bits per heavy atom. The number of rotatable bonds is 12. The number of nitrogens with zero attached hydrogens (tertiary/aromatic N) is 3. The minimum absolute atomic E-state index is 0.481. The van der Waals surface area contributed by atoms with E-state index in [-0.39, 0.29) is 0 Å². The van der Waals surface area contributed by atoms with E-state index in [4.69, 9.17) is 9.47 Å². The first kappa shape index (κ1) is 25.3. The van der Waals surface area contributed by atoms with Crippen LogP contribution in [-0.2, 0) is 16.9 Å². The summed E-state index contributed by atoms with van der Waals surface area (Å²) in [6.45, 7) is 3.96. The van der Waals surface area contributed by atoms with Crippen LogP contribution in [0.1, 0.15) is 48.2 Å². The lowest BCUT2D eigenvalue weighted by molar-refractivity contribution is -0.0389. The molecule has 1 aliphatic rings. The van der Waals surface area contributed by atoms with Gasteiger partial charge in [-0.2, -0.15) is 4.98 Å². The number of aromatic nitrogens is 3. The fraction of sp³-hybridized carbons (Fsp3) is 0.345. The highest BCUT2D eigenvalue weighted by Gasteiger charge is 2.39. The Morgan fingerprint density at radius 3 is 2.68 bits per heavy atom. The molecule has 0 atom stereocenters. The quantitative estimate of drug-likeness (QED) is 0.211. The Kier molecular flexibility index (Phi) is 8.08. The monoisotopic (exact) mass is 516 g/mol. The van der Waals surface area contributed by atoms with Crippen molar-refractivity contribution < 1.29 is 14.6 Å². The first-order chi connectivity index (χ1) is 18.1. The minimum Gasteiger partial charge on any atom is -0.478 e. The molecule has 7 nitrogen and oxygen atoms in total. The Labute approximate surface area is 221 Å². The van der Waals surface area contributed by atoms with Crippen LogP contribution < -0.4 is 10.1 Å². The highest BCUT2D eigenvalue weighted by Crippen LogP contribution is 2.44. The summed E-state index contributed by atoms with van der Waals surface area (Å²) in [5.74, 6) is 1.02. The Hall–Kier alpha value is -3.33. The van der Waals surface area contributed by atoms with Crippen molar-refractivity contribution in [1.82, 2.24) is 15.0 Å². The first-order valence-electron chi connectivity index (χ1n) is 12.7. The molecule has 1 fully saturated rings. The van der Waals surface area contributed by atoms with Gasteiger partial charge in [-0.25, -0.2) is 9.97 Å². The van der Waals surface area contributed by atoms with Gasteiger partial charge in [0.1, 0.15) is 10.6 Å². The van der Waals surface area contributed by atoms with E-state index in [9.17, 15) is 5.11 Å². The van der Waals surface area contributed by atoms with Crippen molar-refractivity contribution in [3.8, 4) is 16.3 Å². The number of hydrogen-bond donors (Lipinski definition) is 2. The Balaban J connectivity index is 1.12. The maximum absolute atomic E-state index is 10.6. The van der Waals surface area contributed by atoms with Crippen LogP contribution in [-0.4, -0.2) is 33.3 Å². The average Bonchev–Trinajstić information content (AvgIpc) is 3.38. The molecular weight excluding hydrogens is 484 g/mol. The van der Waals surface area contributed by atoms with Crippen molar-refractivity contribution >= 4 is 23.0 Å². The molecule has 0 unspecified atom stereocenters. The van der Waals surface area contributed by atoms with E-state index in [1.807, 2.05) is 24.4 Å². The summed E-state index contributed by atoms with van der Waals surface area (Å²) in [4.78, 5) is 14.4. The Bertz CT molecular complexity index is 1310. The first-order valence-corrected chi connectivity index (χ1v) is 13.5. The number of hydrogen-bond acceptors (Lipinski definition) is 8. The van der Waals surface area contributed by atoms with Gasteiger partial charge in [-0.3, -0.25) is 0 Å². The standard InChI is InChI=1S/C29H32N4O3S/c1-21-16-23(25-19-31-27(37-25)29(34)11-7-12-29)18-24(17-21)32-28-30-13-10-26(33-28)36-15-6-5-14-35-20-22-8-3-2-4-9-22/h2-4,8-10,13,16-19,34H,5-7,11-12,14-15,20H2,1H3,(H,30,32,33). The molecule has 5 rings (SSSR count). The van der Waals surface area contributed by atoms with Crippen LogP contribution in [0, 0.1) is 6.92 Å². The lowest BCUT2D eigenvalue weighted by atomic mass is 9.81. The van der Waals surface area contributed by atoms with Crippen LogP contribution in [0.15, 0.2) is 67.0 Å². The van der Waals surface area contributed by atoms with E-state index in [0.29, 0.717) is 31.6 Å². The van der Waals surface area contributed by atoms with Crippen molar-refractivity contribution in [3.63, 3.8) is 0 Å². The number of aryl methyl sites for hydroxylation is 1. The van der Waals surface area contributed by atoms with Crippen LogP contribution in [0.4, 0.5) is 11.6 Å². The van der Waals surface area contributed by atoms with Gasteiger partial charge in [0.2, 0.25) is 11.8 Å². The smallest absolute Gasteiger partial charge is 0.230 e. The van der Waals surface area contributed by atoms with E-state index in [1.165, 1.54) is 5.56 Å². The van der Waals surface area contributed by atoms with Crippen molar-refractivity contribution in [1.29, 1.82) is 0 Å². The molecule has 192 valence electrons. The normalized spacial score (nSPS) is 14.2. The van der Waals surface area contributed by atoms with Crippen molar-refractivity contribution in [3.05, 3.63) is 83.1 Å². The molecule has 4 aromatic rings. The molecular formula is C29H32N4O3S. The largest absolute Gasteiger partial charge is 0.478 e. The zero-order valence-electron chi connectivity index (χ0n) is 21.0. The highest BCUT2D eigenvalue weighted by molar-refractivity contribution is 7.15. The van der Waals surface area contributed by atoms with Crippen LogP contribution in [0.25, 0.3) is 10.4 Å². The molecule has 2 heterocycles. The van der Waals surface area contributed by atoms with Crippen LogP contribution in [0.2, 0.25) is 0 Å². The SMILES string of the molecule is Cc1cc(Nc2nccc(OCCCCOCc3ccccc3)n2)cc(-c2cnc(C3(O)CCC3)s2)c1. The zero-order chi connectivity index (χ0) is 25.5. The number of benzene rings is 2. The number of aliphatic hydroxyl groups is 1. The second-order valence-electron chi connectivity index (χ2n) is 9.44. The number of anilines is 2. The van der Waals surface area contributed by atoms with Gasteiger partial charge in [0, 0.05) is 30.8 Å². The summed E-state index contributed by atoms with van der Waals surface area (Å²) in [7, 11) is 0. The molecule has 2 N–H and O–H groups in total. The van der Waals surface area contributed by atoms with Gasteiger partial charge in [-0.1, -0.05) is 36.4 Å². The lowest BCUT2D eigenvalue weighted by Crippen LogP contribution is -2.33. The average molecular weight is 517 g/mol. The summed E-state index contributed by atoms with van der Waals surface area (Å²) in [6.07, 6.45) is 7.98. The third-order valence-electron chi connectivity index (χ3n) is 6.38. The van der Waals surface area contributed by atoms with Crippen molar-refractivity contribution in [2.24, 2.45) is 0 Å². The summed E-state index contributed by atoms with van der Waals surface area (Å²) >= 11 is 1.56. The molecule has 8 heteroatoms. The molecule has 1 aliphatic carbocycles. The molecule has 0 bridgehead atoms. The molecule has 0 saturated heterocycles. The van der Waals surface area contributed by atoms with E-state index in [1.54, 1.807) is 23.6 Å². The summed E-state index contributed by atoms with van der Waals surface area (Å²) in [6, 6.07) is 18.2. The van der Waals surface area contributed by atoms with Gasteiger partial charge in [-0.15, -0.1) is 11.3 Å². The van der Waals surface area contributed by atoms with Crippen molar-refractivity contribution in [2.75, 3.05) is 18.5 Å². The molecule has 37 heavy (non-hydrogen) atoms. The maximum Gasteiger partial charge on any atom is 0.230 e. The summed E-state index contributed by atoms with van der Waals surface area (Å²) in [5.41, 5.74) is 3.50. The predicted molar refractivity (Wildman–Crippen MR) is 146 cm³/mol. The van der Waals surface area contributed by atoms with Gasteiger partial charge in [0.05, 0.1) is 18.1 Å². The zero-order valence-corrected chi connectivity index (χ0v) is 21.8. The van der Waals surface area contributed by atoms with Gasteiger partial charge >= 0.3 is 0 Å². The lowest BCUT2D eigenvalue weighted by Gasteiger charge is -2.34. The molecule has 0 radical (unpaired) electrons. The minimum atomic E-state index is -0.739. The highest BCUT2D eigenvalue weighted by atomic mass is 32.1. The summed E-state index contributed by atoms with van der Waals surface area (Å²) < 4.78 is 11.6. The van der Waals surface area contributed by atoms with Gasteiger partial charge in [-0.05, 0) is 67.9 Å². The molecule has 1 saturated carbocycles.